The topological polar surface area (TPSA) is 66.1 Å². The van der Waals surface area contributed by atoms with E-state index in [-0.39, 0.29) is 34.6 Å². The Hall–Kier alpha value is -2.19. The van der Waals surface area contributed by atoms with Crippen LogP contribution in [0.3, 0.4) is 0 Å². The number of thioether (sulfide) groups is 1. The third kappa shape index (κ3) is 4.53. The highest BCUT2D eigenvalue weighted by atomic mass is 32.2. The lowest BCUT2D eigenvalue weighted by Crippen LogP contribution is -2.45. The predicted octanol–water partition coefficient (Wildman–Crippen LogP) is 4.92. The summed E-state index contributed by atoms with van der Waals surface area (Å²) in [6.45, 7) is 9.79. The first kappa shape index (κ1) is 21.5. The summed E-state index contributed by atoms with van der Waals surface area (Å²) in [6, 6.07) is 6.21. The summed E-state index contributed by atoms with van der Waals surface area (Å²) in [5, 5.41) is 2.37. The van der Waals surface area contributed by atoms with Gasteiger partial charge in [-0.2, -0.15) is 0 Å². The first-order chi connectivity index (χ1) is 13.7. The van der Waals surface area contributed by atoms with Crippen molar-refractivity contribution in [3.05, 3.63) is 45.8 Å². The van der Waals surface area contributed by atoms with E-state index in [1.807, 2.05) is 44.9 Å². The monoisotopic (exact) mass is 433 g/mol. The summed E-state index contributed by atoms with van der Waals surface area (Å²) in [7, 11) is 0. The average Bonchev–Trinajstić information content (AvgIpc) is 3.06. The number of amides is 1. The number of aromatic nitrogens is 2. The fourth-order valence-electron chi connectivity index (χ4n) is 3.36. The van der Waals surface area contributed by atoms with Crippen LogP contribution in [0.5, 0.6) is 0 Å². The maximum Gasteiger partial charge on any atom is 0.260 e. The molecule has 154 valence electrons. The van der Waals surface area contributed by atoms with Crippen molar-refractivity contribution in [2.45, 2.75) is 57.1 Å². The normalized spacial score (nSPS) is 12.7. The largest absolute Gasteiger partial charge is 0.337 e. The highest BCUT2D eigenvalue weighted by Crippen LogP contribution is 2.32. The summed E-state index contributed by atoms with van der Waals surface area (Å²) >= 11 is 2.61. The number of rotatable bonds is 6. The van der Waals surface area contributed by atoms with Crippen molar-refractivity contribution in [2.24, 2.45) is 0 Å². The Balaban J connectivity index is 1.90. The van der Waals surface area contributed by atoms with Gasteiger partial charge < -0.3 is 9.88 Å². The summed E-state index contributed by atoms with van der Waals surface area (Å²) in [5.74, 6) is -0.310. The molecule has 0 fully saturated rings. The van der Waals surface area contributed by atoms with Gasteiger partial charge in [-0.25, -0.2) is 9.37 Å². The van der Waals surface area contributed by atoms with Gasteiger partial charge in [-0.1, -0.05) is 23.9 Å². The van der Waals surface area contributed by atoms with E-state index in [4.69, 9.17) is 0 Å². The number of carbonyl (C=O) groups is 1. The average molecular weight is 434 g/mol. The minimum atomic E-state index is -0.378. The fraction of sp³-hybridized carbons (Fsp3) is 0.381. The number of H-pyrrole nitrogens is 1. The molecule has 1 amide bonds. The molecule has 8 heteroatoms. The summed E-state index contributed by atoms with van der Waals surface area (Å²) in [5.41, 5.74) is 1.23. The predicted molar refractivity (Wildman–Crippen MR) is 118 cm³/mol. The van der Waals surface area contributed by atoms with Crippen molar-refractivity contribution in [1.29, 1.82) is 0 Å². The highest BCUT2D eigenvalue weighted by Gasteiger charge is 2.26. The molecule has 0 aliphatic rings. The number of benzene rings is 1. The summed E-state index contributed by atoms with van der Waals surface area (Å²) in [4.78, 5) is 35.4. The van der Waals surface area contributed by atoms with Crippen molar-refractivity contribution >= 4 is 39.2 Å². The molecule has 0 saturated carbocycles. The van der Waals surface area contributed by atoms with E-state index in [0.29, 0.717) is 15.4 Å². The number of nitrogens with one attached hydrogen (secondary N) is 1. The molecule has 3 rings (SSSR count). The van der Waals surface area contributed by atoms with Gasteiger partial charge in [0.1, 0.15) is 10.6 Å². The molecular weight excluding hydrogens is 409 g/mol. The Labute approximate surface area is 177 Å². The molecule has 1 N–H and O–H groups in total. The number of aromatic amines is 1. The minimum absolute atomic E-state index is 0.0147. The molecule has 0 spiro atoms. The highest BCUT2D eigenvalue weighted by molar-refractivity contribution is 8.00. The Morgan fingerprint density at radius 2 is 1.76 bits per heavy atom. The number of carbonyl (C=O) groups excluding carboxylic acids is 1. The number of fused-ring (bicyclic) bond motifs is 1. The van der Waals surface area contributed by atoms with Gasteiger partial charge >= 0.3 is 0 Å². The van der Waals surface area contributed by atoms with Gasteiger partial charge in [0.15, 0.2) is 5.16 Å². The van der Waals surface area contributed by atoms with Gasteiger partial charge in [0.05, 0.1) is 10.6 Å². The van der Waals surface area contributed by atoms with Crippen LogP contribution in [0.15, 0.2) is 39.6 Å². The van der Waals surface area contributed by atoms with Crippen molar-refractivity contribution in [1.82, 2.24) is 14.9 Å². The molecule has 0 saturated heterocycles. The van der Waals surface area contributed by atoms with Crippen molar-refractivity contribution < 1.29 is 9.18 Å². The van der Waals surface area contributed by atoms with Gasteiger partial charge in [0.2, 0.25) is 5.91 Å². The van der Waals surface area contributed by atoms with E-state index in [9.17, 15) is 14.0 Å². The van der Waals surface area contributed by atoms with Gasteiger partial charge in [-0.15, -0.1) is 11.3 Å². The van der Waals surface area contributed by atoms with Crippen LogP contribution < -0.4 is 5.56 Å². The standard InChI is InChI=1S/C21H24FN3O2S2/c1-11(2)25(12(3)4)20(27)13(5)29-21-23-18(26)17-16(10-28-19(17)24-21)14-6-8-15(22)9-7-14/h6-13H,1-5H3,(H,23,24,26)/t13-/m0/s1. The second kappa shape index (κ2) is 8.67. The zero-order valence-corrected chi connectivity index (χ0v) is 18.7. The molecule has 5 nitrogen and oxygen atoms in total. The van der Waals surface area contributed by atoms with E-state index in [0.717, 1.165) is 11.1 Å². The van der Waals surface area contributed by atoms with Crippen LogP contribution >= 0.6 is 23.1 Å². The fourth-order valence-corrected chi connectivity index (χ4v) is 5.22. The summed E-state index contributed by atoms with van der Waals surface area (Å²) < 4.78 is 13.2. The molecular formula is C21H24FN3O2S2. The lowest BCUT2D eigenvalue weighted by atomic mass is 10.1. The molecule has 1 aromatic carbocycles. The first-order valence-electron chi connectivity index (χ1n) is 9.45. The third-order valence-electron chi connectivity index (χ3n) is 4.58. The van der Waals surface area contributed by atoms with Crippen LogP contribution in [0.2, 0.25) is 0 Å². The Kier molecular flexibility index (Phi) is 6.43. The molecule has 29 heavy (non-hydrogen) atoms. The Bertz CT molecular complexity index is 1070. The number of hydrogen-bond acceptors (Lipinski definition) is 5. The molecule has 0 bridgehead atoms. The molecule has 0 aliphatic carbocycles. The lowest BCUT2D eigenvalue weighted by molar-refractivity contribution is -0.133. The third-order valence-corrected chi connectivity index (χ3v) is 6.42. The number of nitrogens with zero attached hydrogens (tertiary/aromatic N) is 2. The van der Waals surface area contributed by atoms with Crippen LogP contribution in [0, 0.1) is 5.82 Å². The number of hydrogen-bond donors (Lipinski definition) is 1. The van der Waals surface area contributed by atoms with Crippen LogP contribution in [-0.4, -0.2) is 38.1 Å². The van der Waals surface area contributed by atoms with Gasteiger partial charge in [-0.3, -0.25) is 9.59 Å². The molecule has 3 aromatic rings. The van der Waals surface area contributed by atoms with Crippen LogP contribution in [0.4, 0.5) is 4.39 Å². The Morgan fingerprint density at radius 1 is 1.14 bits per heavy atom. The Morgan fingerprint density at radius 3 is 2.34 bits per heavy atom. The molecule has 2 aromatic heterocycles. The first-order valence-corrected chi connectivity index (χ1v) is 11.2. The number of halogens is 1. The van der Waals surface area contributed by atoms with Crippen LogP contribution in [0.25, 0.3) is 21.3 Å². The molecule has 1 atom stereocenters. The quantitative estimate of drug-likeness (QED) is 0.443. The van der Waals surface area contributed by atoms with E-state index >= 15 is 0 Å². The van der Waals surface area contributed by atoms with E-state index in [1.54, 1.807) is 12.1 Å². The van der Waals surface area contributed by atoms with E-state index in [1.165, 1.54) is 35.2 Å². The van der Waals surface area contributed by atoms with Gasteiger partial charge in [-0.05, 0) is 52.3 Å². The van der Waals surface area contributed by atoms with Crippen LogP contribution in [0.1, 0.15) is 34.6 Å². The molecule has 0 unspecified atom stereocenters. The zero-order chi connectivity index (χ0) is 21.3. The van der Waals surface area contributed by atoms with Crippen molar-refractivity contribution in [2.75, 3.05) is 0 Å². The maximum absolute atomic E-state index is 13.2. The minimum Gasteiger partial charge on any atom is -0.337 e. The van der Waals surface area contributed by atoms with E-state index in [2.05, 4.69) is 9.97 Å². The van der Waals surface area contributed by atoms with E-state index < -0.39 is 0 Å². The maximum atomic E-state index is 13.2. The van der Waals surface area contributed by atoms with Crippen LogP contribution in [-0.2, 0) is 4.79 Å². The lowest BCUT2D eigenvalue weighted by Gasteiger charge is -2.32. The molecule has 0 aliphatic heterocycles. The second-order valence-corrected chi connectivity index (χ2v) is 9.59. The number of thiophene rings is 1. The summed E-state index contributed by atoms with van der Waals surface area (Å²) in [6.07, 6.45) is 0. The SMILES string of the molecule is CC(C)N(C(=O)[C@H](C)Sc1nc2scc(-c3ccc(F)cc3)c2c(=O)[nH]1)C(C)C. The molecule has 0 radical (unpaired) electrons. The van der Waals surface area contributed by atoms with Crippen molar-refractivity contribution in [3.63, 3.8) is 0 Å². The zero-order valence-electron chi connectivity index (χ0n) is 17.0. The van der Waals surface area contributed by atoms with Gasteiger partial charge in [0, 0.05) is 23.0 Å². The van der Waals surface area contributed by atoms with Crippen molar-refractivity contribution in [3.8, 4) is 11.1 Å². The second-order valence-electron chi connectivity index (χ2n) is 7.40. The smallest absolute Gasteiger partial charge is 0.260 e. The van der Waals surface area contributed by atoms with Gasteiger partial charge in [0.25, 0.3) is 5.56 Å². The molecule has 2 heterocycles.